The molecule has 0 saturated heterocycles. The second-order valence-corrected chi connectivity index (χ2v) is 8.56. The number of esters is 1. The summed E-state index contributed by atoms with van der Waals surface area (Å²) in [6, 6.07) is 12.1. The standard InChI is InChI=1S/C29H26O9/c1-32-19-9-6-15(12-22(19)34-3)18-14-24(30)37-20-11-8-17-26(31)23(38-28(17)25(18)20)13-16-7-10-21(33-2)29(36-5)27(16)35-4/h6-13,18H,14H2,1-5H3/b23-13-/t18-/m1/s1. The molecule has 0 saturated carbocycles. The zero-order chi connectivity index (χ0) is 27.0. The highest BCUT2D eigenvalue weighted by Crippen LogP contribution is 2.50. The summed E-state index contributed by atoms with van der Waals surface area (Å²) in [7, 11) is 7.64. The van der Waals surface area contributed by atoms with Gasteiger partial charge in [0.2, 0.25) is 11.5 Å². The average molecular weight is 519 g/mol. The van der Waals surface area contributed by atoms with Crippen molar-refractivity contribution in [3.63, 3.8) is 0 Å². The molecular weight excluding hydrogens is 492 g/mol. The lowest BCUT2D eigenvalue weighted by molar-refractivity contribution is -0.135. The average Bonchev–Trinajstić information content (AvgIpc) is 3.26. The van der Waals surface area contributed by atoms with Gasteiger partial charge in [0.05, 0.1) is 47.5 Å². The molecule has 3 aromatic rings. The van der Waals surface area contributed by atoms with Crippen molar-refractivity contribution in [2.24, 2.45) is 0 Å². The van der Waals surface area contributed by atoms with Gasteiger partial charge in [-0.1, -0.05) is 6.07 Å². The summed E-state index contributed by atoms with van der Waals surface area (Å²) < 4.78 is 38.9. The minimum Gasteiger partial charge on any atom is -0.493 e. The Balaban J connectivity index is 1.61. The Labute approximate surface area is 219 Å². The van der Waals surface area contributed by atoms with Gasteiger partial charge in [-0.05, 0) is 48.0 Å². The van der Waals surface area contributed by atoms with E-state index in [1.807, 2.05) is 12.1 Å². The summed E-state index contributed by atoms with van der Waals surface area (Å²) in [5.74, 6) is 2.05. The minimum atomic E-state index is -0.427. The molecule has 0 amide bonds. The van der Waals surface area contributed by atoms with Gasteiger partial charge < -0.3 is 33.2 Å². The van der Waals surface area contributed by atoms with Gasteiger partial charge in [0.15, 0.2) is 28.8 Å². The number of ether oxygens (including phenoxy) is 7. The van der Waals surface area contributed by atoms with Crippen LogP contribution >= 0.6 is 0 Å². The number of carbonyl (C=O) groups excluding carboxylic acids is 2. The Hall–Kier alpha value is -4.66. The fraction of sp³-hybridized carbons (Fsp3) is 0.241. The van der Waals surface area contributed by atoms with Crippen LogP contribution in [0.15, 0.2) is 48.2 Å². The summed E-state index contributed by atoms with van der Waals surface area (Å²) in [5.41, 5.74) is 2.35. The van der Waals surface area contributed by atoms with E-state index in [1.54, 1.807) is 50.6 Å². The summed E-state index contributed by atoms with van der Waals surface area (Å²) in [6.45, 7) is 0. The van der Waals surface area contributed by atoms with Gasteiger partial charge in [0.1, 0.15) is 11.5 Å². The number of carbonyl (C=O) groups is 2. The number of ketones is 1. The van der Waals surface area contributed by atoms with Crippen LogP contribution in [0.1, 0.15) is 39.4 Å². The molecule has 38 heavy (non-hydrogen) atoms. The molecule has 196 valence electrons. The third-order valence-electron chi connectivity index (χ3n) is 6.61. The summed E-state index contributed by atoms with van der Waals surface area (Å²) in [6.07, 6.45) is 1.66. The van der Waals surface area contributed by atoms with Crippen molar-refractivity contribution in [3.8, 4) is 40.2 Å². The van der Waals surface area contributed by atoms with Crippen LogP contribution < -0.4 is 33.2 Å². The number of allylic oxidation sites excluding steroid dienone is 1. The van der Waals surface area contributed by atoms with Gasteiger partial charge in [0.25, 0.3) is 0 Å². The maximum Gasteiger partial charge on any atom is 0.312 e. The van der Waals surface area contributed by atoms with E-state index in [4.69, 9.17) is 33.2 Å². The number of fused-ring (bicyclic) bond motifs is 3. The fourth-order valence-corrected chi connectivity index (χ4v) is 4.84. The molecule has 9 nitrogen and oxygen atoms in total. The van der Waals surface area contributed by atoms with E-state index >= 15 is 0 Å². The SMILES string of the molecule is COc1ccc([C@H]2CC(=O)Oc3ccc4c(c32)O/C(=C\c2ccc(OC)c(OC)c2OC)C4=O)cc1OC. The van der Waals surface area contributed by atoms with E-state index in [0.717, 1.165) is 5.56 Å². The molecule has 3 aromatic carbocycles. The molecule has 2 heterocycles. The van der Waals surface area contributed by atoms with Crippen molar-refractivity contribution in [1.29, 1.82) is 0 Å². The van der Waals surface area contributed by atoms with E-state index in [-0.39, 0.29) is 23.9 Å². The maximum absolute atomic E-state index is 13.4. The van der Waals surface area contributed by atoms with Crippen LogP contribution in [0, 0.1) is 0 Å². The van der Waals surface area contributed by atoms with Crippen molar-refractivity contribution in [2.75, 3.05) is 35.5 Å². The first-order valence-corrected chi connectivity index (χ1v) is 11.8. The van der Waals surface area contributed by atoms with E-state index in [0.29, 0.717) is 56.9 Å². The Morgan fingerprint density at radius 3 is 2.16 bits per heavy atom. The van der Waals surface area contributed by atoms with Gasteiger partial charge in [-0.15, -0.1) is 0 Å². The van der Waals surface area contributed by atoms with Crippen LogP contribution in [-0.4, -0.2) is 47.3 Å². The van der Waals surface area contributed by atoms with Gasteiger partial charge in [-0.2, -0.15) is 0 Å². The van der Waals surface area contributed by atoms with Gasteiger partial charge >= 0.3 is 5.97 Å². The zero-order valence-electron chi connectivity index (χ0n) is 21.6. The molecule has 0 N–H and O–H groups in total. The van der Waals surface area contributed by atoms with Gasteiger partial charge in [0, 0.05) is 17.0 Å². The molecule has 0 fully saturated rings. The highest BCUT2D eigenvalue weighted by atomic mass is 16.5. The Bertz CT molecular complexity index is 1470. The molecule has 0 aromatic heterocycles. The number of rotatable bonds is 7. The lowest BCUT2D eigenvalue weighted by atomic mass is 9.84. The molecule has 0 radical (unpaired) electrons. The predicted octanol–water partition coefficient (Wildman–Crippen LogP) is 4.79. The third-order valence-corrected chi connectivity index (χ3v) is 6.61. The first kappa shape index (κ1) is 25.0. The zero-order valence-corrected chi connectivity index (χ0v) is 21.6. The number of hydrogen-bond acceptors (Lipinski definition) is 9. The second kappa shape index (κ2) is 10.0. The monoisotopic (exact) mass is 518 g/mol. The molecular formula is C29H26O9. The molecule has 0 unspecified atom stereocenters. The van der Waals surface area contributed by atoms with Crippen LogP contribution in [-0.2, 0) is 4.79 Å². The van der Waals surface area contributed by atoms with Crippen LogP contribution in [0.3, 0.4) is 0 Å². The fourth-order valence-electron chi connectivity index (χ4n) is 4.84. The van der Waals surface area contributed by atoms with Gasteiger partial charge in [-0.25, -0.2) is 0 Å². The van der Waals surface area contributed by atoms with E-state index < -0.39 is 5.92 Å². The van der Waals surface area contributed by atoms with Crippen molar-refractivity contribution in [3.05, 3.63) is 70.5 Å². The van der Waals surface area contributed by atoms with E-state index in [1.165, 1.54) is 21.3 Å². The molecule has 2 aliphatic heterocycles. The van der Waals surface area contributed by atoms with E-state index in [9.17, 15) is 9.59 Å². The number of benzene rings is 3. The largest absolute Gasteiger partial charge is 0.493 e. The molecule has 0 aliphatic carbocycles. The Morgan fingerprint density at radius 1 is 0.763 bits per heavy atom. The summed E-state index contributed by atoms with van der Waals surface area (Å²) in [4.78, 5) is 25.9. The van der Waals surface area contributed by atoms with Crippen molar-refractivity contribution in [2.45, 2.75) is 12.3 Å². The van der Waals surface area contributed by atoms with Crippen molar-refractivity contribution in [1.82, 2.24) is 0 Å². The van der Waals surface area contributed by atoms with Crippen LogP contribution in [0.5, 0.6) is 40.2 Å². The highest BCUT2D eigenvalue weighted by molar-refractivity contribution is 6.15. The third kappa shape index (κ3) is 4.06. The smallest absolute Gasteiger partial charge is 0.312 e. The second-order valence-electron chi connectivity index (χ2n) is 8.56. The molecule has 5 rings (SSSR count). The quantitative estimate of drug-likeness (QED) is 0.248. The lowest BCUT2D eigenvalue weighted by Gasteiger charge is -2.26. The molecule has 0 bridgehead atoms. The molecule has 9 heteroatoms. The van der Waals surface area contributed by atoms with Crippen molar-refractivity contribution < 1.29 is 42.7 Å². The van der Waals surface area contributed by atoms with E-state index in [2.05, 4.69) is 0 Å². The minimum absolute atomic E-state index is 0.0685. The molecule has 1 atom stereocenters. The van der Waals surface area contributed by atoms with Crippen LogP contribution in [0.4, 0.5) is 0 Å². The first-order chi connectivity index (χ1) is 18.4. The molecule has 2 aliphatic rings. The summed E-state index contributed by atoms with van der Waals surface area (Å²) >= 11 is 0. The summed E-state index contributed by atoms with van der Waals surface area (Å²) in [5, 5.41) is 0. The Kier molecular flexibility index (Phi) is 6.59. The topological polar surface area (TPSA) is 98.8 Å². The molecule has 0 spiro atoms. The highest BCUT2D eigenvalue weighted by Gasteiger charge is 2.39. The Morgan fingerprint density at radius 2 is 1.47 bits per heavy atom. The number of methoxy groups -OCH3 is 5. The predicted molar refractivity (Wildman–Crippen MR) is 137 cm³/mol. The lowest BCUT2D eigenvalue weighted by Crippen LogP contribution is -2.21. The maximum atomic E-state index is 13.4. The number of Topliss-reactive ketones (excluding diaryl/α,β-unsaturated/α-hetero) is 1. The van der Waals surface area contributed by atoms with Crippen molar-refractivity contribution >= 4 is 17.8 Å². The van der Waals surface area contributed by atoms with Crippen LogP contribution in [0.2, 0.25) is 0 Å². The number of hydrogen-bond donors (Lipinski definition) is 0. The first-order valence-electron chi connectivity index (χ1n) is 11.8. The van der Waals surface area contributed by atoms with Gasteiger partial charge in [-0.3, -0.25) is 9.59 Å². The van der Waals surface area contributed by atoms with Crippen LogP contribution in [0.25, 0.3) is 6.08 Å². The normalized spacial score (nSPS) is 16.8.